The number of aromatic nitrogens is 1. The van der Waals surface area contributed by atoms with Gasteiger partial charge in [0.15, 0.2) is 0 Å². The van der Waals surface area contributed by atoms with Crippen molar-refractivity contribution >= 4 is 34.9 Å². The topological polar surface area (TPSA) is 80.3 Å². The first-order chi connectivity index (χ1) is 15.3. The molecule has 0 bridgehead atoms. The lowest BCUT2D eigenvalue weighted by Crippen LogP contribution is -2.32. The molecule has 3 rings (SSSR count). The molecule has 0 radical (unpaired) electrons. The number of carbonyl (C=O) groups is 2. The summed E-state index contributed by atoms with van der Waals surface area (Å²) in [6, 6.07) is 11.4. The second-order valence-electron chi connectivity index (χ2n) is 7.59. The lowest BCUT2D eigenvalue weighted by atomic mass is 10.1. The number of carbonyl (C=O) groups excluding carboxylic acids is 2. The van der Waals surface area contributed by atoms with Crippen molar-refractivity contribution in [3.8, 4) is 5.75 Å². The number of ether oxygens (including phenoxy) is 1. The fourth-order valence-electron chi connectivity index (χ4n) is 3.27. The SMILES string of the molecule is Cc1cc(C)c(NC(=O)CNC(=O)/C=C/c2ccc(OCc3csc(C)n3)cc2)c(C)c1. The van der Waals surface area contributed by atoms with E-state index in [1.807, 2.05) is 69.5 Å². The summed E-state index contributed by atoms with van der Waals surface area (Å²) in [6.07, 6.45) is 3.10. The average Bonchev–Trinajstić information content (AvgIpc) is 3.17. The molecular weight excluding hydrogens is 422 g/mol. The Balaban J connectivity index is 1.45. The standard InChI is InChI=1S/C25H27N3O3S/c1-16-11-17(2)25(18(3)12-16)28-24(30)13-26-23(29)10-7-20-5-8-22(9-6-20)31-14-21-15-32-19(4)27-21/h5-12,15H,13-14H2,1-4H3,(H,26,29)(H,28,30)/b10-7+. The lowest BCUT2D eigenvalue weighted by Gasteiger charge is -2.13. The number of aryl methyl sites for hydroxylation is 4. The van der Waals surface area contributed by atoms with Crippen molar-refractivity contribution in [1.29, 1.82) is 0 Å². The molecular formula is C25H27N3O3S. The zero-order chi connectivity index (χ0) is 23.1. The Labute approximate surface area is 192 Å². The van der Waals surface area contributed by atoms with E-state index in [9.17, 15) is 9.59 Å². The van der Waals surface area contributed by atoms with Crippen molar-refractivity contribution in [2.24, 2.45) is 0 Å². The molecule has 32 heavy (non-hydrogen) atoms. The number of thiazole rings is 1. The predicted octanol–water partition coefficient (Wildman–Crippen LogP) is 4.72. The van der Waals surface area contributed by atoms with Gasteiger partial charge in [-0.2, -0.15) is 0 Å². The summed E-state index contributed by atoms with van der Waals surface area (Å²) >= 11 is 1.60. The maximum Gasteiger partial charge on any atom is 0.244 e. The molecule has 0 aliphatic carbocycles. The number of anilines is 1. The van der Waals surface area contributed by atoms with E-state index in [1.54, 1.807) is 17.4 Å². The predicted molar refractivity (Wildman–Crippen MR) is 129 cm³/mol. The third kappa shape index (κ3) is 6.78. The Morgan fingerprint density at radius 1 is 1.06 bits per heavy atom. The molecule has 0 aliphatic heterocycles. The highest BCUT2D eigenvalue weighted by Crippen LogP contribution is 2.21. The molecule has 0 spiro atoms. The average molecular weight is 450 g/mol. The van der Waals surface area contributed by atoms with Crippen LogP contribution in [0.1, 0.15) is 33.0 Å². The van der Waals surface area contributed by atoms with Gasteiger partial charge in [-0.1, -0.05) is 29.8 Å². The van der Waals surface area contributed by atoms with Crippen molar-refractivity contribution in [3.63, 3.8) is 0 Å². The molecule has 0 unspecified atom stereocenters. The van der Waals surface area contributed by atoms with E-state index in [4.69, 9.17) is 4.74 Å². The highest BCUT2D eigenvalue weighted by Gasteiger charge is 2.09. The molecule has 1 aromatic heterocycles. The van der Waals surface area contributed by atoms with Gasteiger partial charge in [0.25, 0.3) is 0 Å². The van der Waals surface area contributed by atoms with Crippen LogP contribution in [0.2, 0.25) is 0 Å². The van der Waals surface area contributed by atoms with Crippen LogP contribution in [0.3, 0.4) is 0 Å². The van der Waals surface area contributed by atoms with Crippen LogP contribution in [0.25, 0.3) is 6.08 Å². The Hall–Kier alpha value is -3.45. The lowest BCUT2D eigenvalue weighted by molar-refractivity contribution is -0.121. The van der Waals surface area contributed by atoms with Crippen LogP contribution in [-0.4, -0.2) is 23.3 Å². The van der Waals surface area contributed by atoms with Gasteiger partial charge in [0.2, 0.25) is 11.8 Å². The molecule has 166 valence electrons. The molecule has 2 amide bonds. The van der Waals surface area contributed by atoms with Gasteiger partial charge >= 0.3 is 0 Å². The van der Waals surface area contributed by atoms with E-state index in [-0.39, 0.29) is 18.4 Å². The van der Waals surface area contributed by atoms with Gasteiger partial charge in [0, 0.05) is 17.1 Å². The van der Waals surface area contributed by atoms with E-state index in [0.717, 1.165) is 44.4 Å². The van der Waals surface area contributed by atoms with Crippen molar-refractivity contribution in [2.45, 2.75) is 34.3 Å². The number of benzene rings is 2. The van der Waals surface area contributed by atoms with Gasteiger partial charge in [0.1, 0.15) is 12.4 Å². The van der Waals surface area contributed by atoms with Gasteiger partial charge < -0.3 is 15.4 Å². The quantitative estimate of drug-likeness (QED) is 0.488. The Bertz CT molecular complexity index is 1110. The van der Waals surface area contributed by atoms with E-state index in [2.05, 4.69) is 15.6 Å². The first kappa shape index (κ1) is 23.2. The first-order valence-corrected chi connectivity index (χ1v) is 11.2. The fourth-order valence-corrected chi connectivity index (χ4v) is 3.86. The minimum atomic E-state index is -0.336. The fraction of sp³-hybridized carbons (Fsp3) is 0.240. The maximum atomic E-state index is 12.2. The number of hydrogen-bond acceptors (Lipinski definition) is 5. The molecule has 6 nitrogen and oxygen atoms in total. The number of amides is 2. The van der Waals surface area contributed by atoms with E-state index >= 15 is 0 Å². The number of nitrogens with one attached hydrogen (secondary N) is 2. The number of hydrogen-bond donors (Lipinski definition) is 2. The zero-order valence-corrected chi connectivity index (χ0v) is 19.5. The minimum absolute atomic E-state index is 0.0984. The van der Waals surface area contributed by atoms with Gasteiger partial charge in [-0.3, -0.25) is 9.59 Å². The smallest absolute Gasteiger partial charge is 0.244 e. The molecule has 7 heteroatoms. The molecule has 0 saturated carbocycles. The molecule has 3 aromatic rings. The Kier molecular flexibility index (Phi) is 7.78. The third-order valence-corrected chi connectivity index (χ3v) is 5.55. The van der Waals surface area contributed by atoms with Crippen LogP contribution < -0.4 is 15.4 Å². The summed E-state index contributed by atoms with van der Waals surface area (Å²) in [5, 5.41) is 8.47. The van der Waals surface area contributed by atoms with Crippen LogP contribution >= 0.6 is 11.3 Å². The highest BCUT2D eigenvalue weighted by atomic mass is 32.1. The van der Waals surface area contributed by atoms with Crippen molar-refractivity contribution in [1.82, 2.24) is 10.3 Å². The molecule has 0 atom stereocenters. The van der Waals surface area contributed by atoms with Gasteiger partial charge in [-0.05, 0) is 62.6 Å². The second-order valence-corrected chi connectivity index (χ2v) is 8.65. The highest BCUT2D eigenvalue weighted by molar-refractivity contribution is 7.09. The zero-order valence-electron chi connectivity index (χ0n) is 18.7. The normalized spacial score (nSPS) is 10.9. The van der Waals surface area contributed by atoms with Crippen LogP contribution in [0, 0.1) is 27.7 Å². The number of nitrogens with zero attached hydrogens (tertiary/aromatic N) is 1. The molecule has 0 saturated heterocycles. The molecule has 2 aromatic carbocycles. The summed E-state index contributed by atoms with van der Waals surface area (Å²) in [6.45, 7) is 8.21. The third-order valence-electron chi connectivity index (χ3n) is 4.73. The van der Waals surface area contributed by atoms with Crippen LogP contribution in [0.4, 0.5) is 5.69 Å². The molecule has 0 fully saturated rings. The minimum Gasteiger partial charge on any atom is -0.487 e. The summed E-state index contributed by atoms with van der Waals surface area (Å²) in [5.74, 6) is 0.131. The monoisotopic (exact) mass is 449 g/mol. The summed E-state index contributed by atoms with van der Waals surface area (Å²) < 4.78 is 5.72. The van der Waals surface area contributed by atoms with Crippen LogP contribution in [0.5, 0.6) is 5.75 Å². The van der Waals surface area contributed by atoms with Crippen LogP contribution in [-0.2, 0) is 16.2 Å². The molecule has 2 N–H and O–H groups in total. The maximum absolute atomic E-state index is 12.2. The van der Waals surface area contributed by atoms with Crippen molar-refractivity contribution in [2.75, 3.05) is 11.9 Å². The summed E-state index contributed by atoms with van der Waals surface area (Å²) in [5.41, 5.74) is 5.69. The largest absolute Gasteiger partial charge is 0.487 e. The van der Waals surface area contributed by atoms with E-state index in [1.165, 1.54) is 6.08 Å². The van der Waals surface area contributed by atoms with Gasteiger partial charge in [-0.15, -0.1) is 11.3 Å². The van der Waals surface area contributed by atoms with E-state index < -0.39 is 0 Å². The van der Waals surface area contributed by atoms with Gasteiger partial charge in [-0.25, -0.2) is 4.98 Å². The molecule has 1 heterocycles. The Morgan fingerprint density at radius 3 is 2.38 bits per heavy atom. The molecule has 0 aliphatic rings. The number of rotatable bonds is 8. The van der Waals surface area contributed by atoms with Crippen molar-refractivity contribution < 1.29 is 14.3 Å². The van der Waals surface area contributed by atoms with Crippen molar-refractivity contribution in [3.05, 3.63) is 80.8 Å². The summed E-state index contributed by atoms with van der Waals surface area (Å²) in [4.78, 5) is 28.7. The second kappa shape index (κ2) is 10.7. The van der Waals surface area contributed by atoms with E-state index in [0.29, 0.717) is 6.61 Å². The summed E-state index contributed by atoms with van der Waals surface area (Å²) in [7, 11) is 0. The first-order valence-electron chi connectivity index (χ1n) is 10.3. The van der Waals surface area contributed by atoms with Gasteiger partial charge in [0.05, 0.1) is 17.2 Å². The Morgan fingerprint density at radius 2 is 1.75 bits per heavy atom. The van der Waals surface area contributed by atoms with Crippen LogP contribution in [0.15, 0.2) is 47.9 Å².